The third-order valence-electron chi connectivity index (χ3n) is 5.54. The average molecular weight is 371 g/mol. The number of fused-ring (bicyclic) bond motifs is 1. The van der Waals surface area contributed by atoms with E-state index in [-0.39, 0.29) is 11.8 Å². The lowest BCUT2D eigenvalue weighted by Crippen LogP contribution is -2.46. The lowest BCUT2D eigenvalue weighted by atomic mass is 10.0. The molecule has 1 saturated heterocycles. The predicted octanol–water partition coefficient (Wildman–Crippen LogP) is 2.42. The predicted molar refractivity (Wildman–Crippen MR) is 107 cm³/mol. The lowest BCUT2D eigenvalue weighted by molar-refractivity contribution is -0.117. The number of hydrogen-bond donors (Lipinski definition) is 3. The van der Waals surface area contributed by atoms with Crippen LogP contribution < -0.4 is 15.5 Å². The summed E-state index contributed by atoms with van der Waals surface area (Å²) in [5.41, 5.74) is 4.01. The number of aromatic amines is 1. The number of rotatable bonds is 7. The van der Waals surface area contributed by atoms with E-state index in [1.807, 2.05) is 12.4 Å². The molecule has 3 N–H and O–H groups in total. The third kappa shape index (κ3) is 3.94. The highest BCUT2D eigenvalue weighted by Gasteiger charge is 2.31. The molecule has 2 fully saturated rings. The Kier molecular flexibility index (Phi) is 5.31. The number of methoxy groups -OCH3 is 1. The van der Waals surface area contributed by atoms with Gasteiger partial charge in [0.2, 0.25) is 5.91 Å². The number of carbonyl (C=O) groups excluding carboxylic acids is 1. The van der Waals surface area contributed by atoms with Gasteiger partial charge in [-0.3, -0.25) is 4.79 Å². The van der Waals surface area contributed by atoms with E-state index in [1.165, 1.54) is 12.1 Å². The van der Waals surface area contributed by atoms with Crippen molar-refractivity contribution in [3.63, 3.8) is 0 Å². The van der Waals surface area contributed by atoms with Crippen molar-refractivity contribution >= 4 is 28.3 Å². The summed E-state index contributed by atoms with van der Waals surface area (Å²) in [5.74, 6) is 0.307. The molecule has 7 nitrogen and oxygen atoms in total. The first-order valence-electron chi connectivity index (χ1n) is 9.92. The highest BCUT2D eigenvalue weighted by atomic mass is 16.5. The fourth-order valence-electron chi connectivity index (χ4n) is 3.97. The van der Waals surface area contributed by atoms with Crippen molar-refractivity contribution in [3.05, 3.63) is 18.0 Å². The van der Waals surface area contributed by atoms with Crippen LogP contribution in [0.15, 0.2) is 12.4 Å². The molecule has 1 saturated carbocycles. The largest absolute Gasteiger partial charge is 0.383 e. The van der Waals surface area contributed by atoms with Gasteiger partial charge in [0.15, 0.2) is 0 Å². The highest BCUT2D eigenvalue weighted by molar-refractivity contribution is 6.07. The standard InChI is InChI=1S/C20H29N5O2/c1-13-10-22-19-17(16(11-23-19)24-20(26)14-5-6-14)18(13)25-8-3-4-15(12-25)21-7-9-27-2/h10-11,14-15,21H,3-9,12H2,1-2H3,(H,22,23)(H,24,26)/t15-/m1/s1. The van der Waals surface area contributed by atoms with Gasteiger partial charge in [-0.15, -0.1) is 0 Å². The summed E-state index contributed by atoms with van der Waals surface area (Å²) in [7, 11) is 1.73. The molecular formula is C20H29N5O2. The smallest absolute Gasteiger partial charge is 0.227 e. The first-order valence-corrected chi connectivity index (χ1v) is 9.92. The normalized spacial score (nSPS) is 20.2. The molecular weight excluding hydrogens is 342 g/mol. The molecule has 146 valence electrons. The van der Waals surface area contributed by atoms with Gasteiger partial charge in [0, 0.05) is 51.1 Å². The molecule has 0 radical (unpaired) electrons. The summed E-state index contributed by atoms with van der Waals surface area (Å²) in [6.07, 6.45) is 8.11. The van der Waals surface area contributed by atoms with Gasteiger partial charge in [0.05, 0.1) is 23.4 Å². The zero-order chi connectivity index (χ0) is 18.8. The number of piperidine rings is 1. The maximum absolute atomic E-state index is 12.3. The number of hydrogen-bond acceptors (Lipinski definition) is 5. The van der Waals surface area contributed by atoms with Crippen molar-refractivity contribution in [1.82, 2.24) is 15.3 Å². The first kappa shape index (κ1) is 18.3. The van der Waals surface area contributed by atoms with Crippen LogP contribution in [0, 0.1) is 12.8 Å². The molecule has 3 heterocycles. The minimum absolute atomic E-state index is 0.126. The van der Waals surface area contributed by atoms with Crippen LogP contribution in [0.5, 0.6) is 0 Å². The Morgan fingerprint density at radius 1 is 1.41 bits per heavy atom. The van der Waals surface area contributed by atoms with Gasteiger partial charge in [0.25, 0.3) is 0 Å². The molecule has 1 atom stereocenters. The Morgan fingerprint density at radius 2 is 2.26 bits per heavy atom. The van der Waals surface area contributed by atoms with Crippen molar-refractivity contribution in [2.75, 3.05) is 43.6 Å². The minimum atomic E-state index is 0.126. The molecule has 7 heteroatoms. The molecule has 0 unspecified atom stereocenters. The zero-order valence-corrected chi connectivity index (χ0v) is 16.2. The Morgan fingerprint density at radius 3 is 3.04 bits per heavy atom. The van der Waals surface area contributed by atoms with Gasteiger partial charge in [-0.1, -0.05) is 0 Å². The second-order valence-corrected chi connectivity index (χ2v) is 7.71. The molecule has 4 rings (SSSR count). The van der Waals surface area contributed by atoms with Crippen molar-refractivity contribution < 1.29 is 9.53 Å². The Balaban J connectivity index is 1.60. The SMILES string of the molecule is COCCN[C@@H]1CCCN(c2c(C)cnc3[nH]cc(NC(=O)C4CC4)c23)C1. The van der Waals surface area contributed by atoms with E-state index in [2.05, 4.69) is 32.4 Å². The maximum atomic E-state index is 12.3. The maximum Gasteiger partial charge on any atom is 0.227 e. The van der Waals surface area contributed by atoms with E-state index in [1.54, 1.807) is 7.11 Å². The van der Waals surface area contributed by atoms with Crippen molar-refractivity contribution in [2.45, 2.75) is 38.6 Å². The first-order chi connectivity index (χ1) is 13.2. The quantitative estimate of drug-likeness (QED) is 0.651. The summed E-state index contributed by atoms with van der Waals surface area (Å²) >= 11 is 0. The van der Waals surface area contributed by atoms with Crippen LogP contribution in [0.1, 0.15) is 31.2 Å². The van der Waals surface area contributed by atoms with E-state index < -0.39 is 0 Å². The van der Waals surface area contributed by atoms with E-state index >= 15 is 0 Å². The molecule has 0 bridgehead atoms. The minimum Gasteiger partial charge on any atom is -0.383 e. The van der Waals surface area contributed by atoms with Gasteiger partial charge >= 0.3 is 0 Å². The van der Waals surface area contributed by atoms with Crippen LogP contribution in [0.25, 0.3) is 11.0 Å². The number of nitrogens with one attached hydrogen (secondary N) is 3. The Bertz CT molecular complexity index is 814. The van der Waals surface area contributed by atoms with Crippen LogP contribution in [0.3, 0.4) is 0 Å². The van der Waals surface area contributed by atoms with E-state index in [0.29, 0.717) is 6.04 Å². The number of aromatic nitrogens is 2. The number of anilines is 2. The molecule has 0 spiro atoms. The summed E-state index contributed by atoms with van der Waals surface area (Å²) in [6.45, 7) is 5.66. The van der Waals surface area contributed by atoms with Gasteiger partial charge in [0.1, 0.15) is 5.65 Å². The van der Waals surface area contributed by atoms with Crippen LogP contribution >= 0.6 is 0 Å². The molecule has 2 aromatic rings. The highest BCUT2D eigenvalue weighted by Crippen LogP contribution is 2.37. The second-order valence-electron chi connectivity index (χ2n) is 7.71. The number of amides is 1. The number of nitrogens with zero attached hydrogens (tertiary/aromatic N) is 2. The van der Waals surface area contributed by atoms with E-state index in [9.17, 15) is 4.79 Å². The second kappa shape index (κ2) is 7.86. The van der Waals surface area contributed by atoms with E-state index in [4.69, 9.17) is 4.74 Å². The monoisotopic (exact) mass is 371 g/mol. The summed E-state index contributed by atoms with van der Waals surface area (Å²) < 4.78 is 5.16. The number of aryl methyl sites for hydroxylation is 1. The van der Waals surface area contributed by atoms with Gasteiger partial charge in [-0.25, -0.2) is 4.98 Å². The van der Waals surface area contributed by atoms with Crippen LogP contribution in [0.4, 0.5) is 11.4 Å². The summed E-state index contributed by atoms with van der Waals surface area (Å²) in [6, 6.07) is 0.444. The van der Waals surface area contributed by atoms with Gasteiger partial charge in [-0.05, 0) is 38.2 Å². The topological polar surface area (TPSA) is 82.3 Å². The zero-order valence-electron chi connectivity index (χ0n) is 16.2. The van der Waals surface area contributed by atoms with Crippen molar-refractivity contribution in [3.8, 4) is 0 Å². The van der Waals surface area contributed by atoms with Crippen LogP contribution in [-0.2, 0) is 9.53 Å². The lowest BCUT2D eigenvalue weighted by Gasteiger charge is -2.36. The molecule has 0 aromatic carbocycles. The fourth-order valence-corrected chi connectivity index (χ4v) is 3.97. The Hall–Kier alpha value is -2.12. The Labute approximate surface area is 159 Å². The fraction of sp³-hybridized carbons (Fsp3) is 0.600. The molecule has 27 heavy (non-hydrogen) atoms. The van der Waals surface area contributed by atoms with E-state index in [0.717, 1.165) is 67.8 Å². The summed E-state index contributed by atoms with van der Waals surface area (Å²) in [5, 5.41) is 7.74. The molecule has 1 amide bonds. The molecule has 2 aliphatic rings. The average Bonchev–Trinajstić information content (AvgIpc) is 3.45. The summed E-state index contributed by atoms with van der Waals surface area (Å²) in [4.78, 5) is 22.5. The molecule has 2 aromatic heterocycles. The number of pyridine rings is 1. The van der Waals surface area contributed by atoms with Gasteiger partial charge in [-0.2, -0.15) is 0 Å². The van der Waals surface area contributed by atoms with Crippen molar-refractivity contribution in [1.29, 1.82) is 0 Å². The van der Waals surface area contributed by atoms with Crippen molar-refractivity contribution in [2.24, 2.45) is 5.92 Å². The number of H-pyrrole nitrogens is 1. The molecule has 1 aliphatic carbocycles. The van der Waals surface area contributed by atoms with Crippen LogP contribution in [-0.4, -0.2) is 55.3 Å². The van der Waals surface area contributed by atoms with Crippen LogP contribution in [0.2, 0.25) is 0 Å². The number of carbonyl (C=O) groups is 1. The third-order valence-corrected chi connectivity index (χ3v) is 5.54. The van der Waals surface area contributed by atoms with Gasteiger partial charge < -0.3 is 25.3 Å². The molecule has 1 aliphatic heterocycles. The number of ether oxygens (including phenoxy) is 1.